The summed E-state index contributed by atoms with van der Waals surface area (Å²) in [6.07, 6.45) is -2.77. The number of anilines is 1. The van der Waals surface area contributed by atoms with Crippen LogP contribution in [0.5, 0.6) is 0 Å². The lowest BCUT2D eigenvalue weighted by atomic mass is 10.0. The second kappa shape index (κ2) is 6.46. The molecule has 1 aliphatic heterocycles. The van der Waals surface area contributed by atoms with E-state index in [1.54, 1.807) is 4.90 Å². The first kappa shape index (κ1) is 16.8. The van der Waals surface area contributed by atoms with Crippen LogP contribution < -0.4 is 4.90 Å². The molecule has 2 heterocycles. The maximum atomic E-state index is 12.7. The molecule has 0 spiro atoms. The van der Waals surface area contributed by atoms with E-state index in [4.69, 9.17) is 0 Å². The summed E-state index contributed by atoms with van der Waals surface area (Å²) in [4.78, 5) is 14.2. The van der Waals surface area contributed by atoms with Gasteiger partial charge in [0.2, 0.25) is 11.7 Å². The monoisotopic (exact) mass is 356 g/mol. The molecule has 0 radical (unpaired) electrons. The highest BCUT2D eigenvalue weighted by Crippen LogP contribution is 2.31. The summed E-state index contributed by atoms with van der Waals surface area (Å²) in [5.41, 5.74) is 1.99. The summed E-state index contributed by atoms with van der Waals surface area (Å²) in [7, 11) is 1.24. The molecule has 1 amide bonds. The second-order valence-electron chi connectivity index (χ2n) is 5.43. The normalized spacial score (nSPS) is 14.6. The molecule has 5 nitrogen and oxygen atoms in total. The average molecular weight is 356 g/mol. The van der Waals surface area contributed by atoms with Gasteiger partial charge in [0, 0.05) is 19.3 Å². The third-order valence-corrected chi connectivity index (χ3v) is 4.83. The highest BCUT2D eigenvalue weighted by atomic mass is 32.2. The Morgan fingerprint density at radius 1 is 1.29 bits per heavy atom. The van der Waals surface area contributed by atoms with Crippen molar-refractivity contribution in [3.63, 3.8) is 0 Å². The van der Waals surface area contributed by atoms with Crippen LogP contribution in [-0.4, -0.2) is 33.0 Å². The Morgan fingerprint density at radius 3 is 2.75 bits per heavy atom. The third kappa shape index (κ3) is 3.26. The topological polar surface area (TPSA) is 51.0 Å². The predicted octanol–water partition coefficient (Wildman–Crippen LogP) is 2.91. The van der Waals surface area contributed by atoms with Crippen molar-refractivity contribution in [1.29, 1.82) is 0 Å². The number of halogens is 3. The summed E-state index contributed by atoms with van der Waals surface area (Å²) >= 11 is 0.959. The molecule has 0 unspecified atom stereocenters. The van der Waals surface area contributed by atoms with E-state index in [0.29, 0.717) is 6.54 Å². The lowest BCUT2D eigenvalue weighted by Crippen LogP contribution is -2.36. The van der Waals surface area contributed by atoms with Crippen molar-refractivity contribution in [2.24, 2.45) is 7.05 Å². The smallest absolute Gasteiger partial charge is 0.311 e. The average Bonchev–Trinajstić information content (AvgIpc) is 2.93. The van der Waals surface area contributed by atoms with E-state index in [1.807, 2.05) is 24.3 Å². The molecule has 0 saturated carbocycles. The largest absolute Gasteiger partial charge is 0.451 e. The van der Waals surface area contributed by atoms with Crippen molar-refractivity contribution in [3.05, 3.63) is 35.7 Å². The molecule has 0 fully saturated rings. The molecule has 9 heteroatoms. The minimum Gasteiger partial charge on any atom is -0.311 e. The van der Waals surface area contributed by atoms with Gasteiger partial charge in [0.05, 0.1) is 5.75 Å². The zero-order valence-electron chi connectivity index (χ0n) is 12.9. The molecule has 0 saturated heterocycles. The van der Waals surface area contributed by atoms with Crippen LogP contribution in [0, 0.1) is 0 Å². The predicted molar refractivity (Wildman–Crippen MR) is 83.8 cm³/mol. The van der Waals surface area contributed by atoms with Crippen molar-refractivity contribution >= 4 is 23.4 Å². The number of carbonyl (C=O) groups is 1. The number of hydrogen-bond donors (Lipinski definition) is 0. The van der Waals surface area contributed by atoms with E-state index < -0.39 is 12.0 Å². The number of para-hydroxylation sites is 1. The zero-order chi connectivity index (χ0) is 17.3. The molecule has 0 N–H and O–H groups in total. The molecule has 1 aliphatic rings. The van der Waals surface area contributed by atoms with E-state index in [1.165, 1.54) is 7.05 Å². The maximum Gasteiger partial charge on any atom is 0.451 e. The fourth-order valence-corrected chi connectivity index (χ4v) is 3.47. The summed E-state index contributed by atoms with van der Waals surface area (Å²) in [6, 6.07) is 7.68. The van der Waals surface area contributed by atoms with E-state index >= 15 is 0 Å². The van der Waals surface area contributed by atoms with Crippen LogP contribution >= 0.6 is 11.8 Å². The van der Waals surface area contributed by atoms with Gasteiger partial charge in [0.1, 0.15) is 0 Å². The molecule has 3 rings (SSSR count). The molecule has 128 valence electrons. The van der Waals surface area contributed by atoms with E-state index in [2.05, 4.69) is 10.2 Å². The zero-order valence-corrected chi connectivity index (χ0v) is 13.7. The van der Waals surface area contributed by atoms with Crippen molar-refractivity contribution in [1.82, 2.24) is 14.8 Å². The van der Waals surface area contributed by atoms with Gasteiger partial charge in [-0.15, -0.1) is 10.2 Å². The van der Waals surface area contributed by atoms with E-state index in [0.717, 1.165) is 40.4 Å². The van der Waals surface area contributed by atoms with Crippen LogP contribution in [0.2, 0.25) is 0 Å². The first-order valence-corrected chi connectivity index (χ1v) is 8.34. The van der Waals surface area contributed by atoms with Gasteiger partial charge >= 0.3 is 6.18 Å². The fraction of sp³-hybridized carbons (Fsp3) is 0.400. The number of fused-ring (bicyclic) bond motifs is 1. The molecule has 1 aromatic heterocycles. The Labute approximate surface area is 140 Å². The summed E-state index contributed by atoms with van der Waals surface area (Å²) in [6.45, 7) is 0.614. The Balaban J connectivity index is 1.70. The van der Waals surface area contributed by atoms with Crippen molar-refractivity contribution < 1.29 is 18.0 Å². The number of aryl methyl sites for hydroxylation is 1. The van der Waals surface area contributed by atoms with Gasteiger partial charge in [-0.05, 0) is 24.5 Å². The number of rotatable bonds is 3. The number of hydrogen-bond acceptors (Lipinski definition) is 4. The van der Waals surface area contributed by atoms with Gasteiger partial charge in [0.15, 0.2) is 5.16 Å². The Hall–Kier alpha value is -2.03. The van der Waals surface area contributed by atoms with Gasteiger partial charge in [-0.3, -0.25) is 4.79 Å². The van der Waals surface area contributed by atoms with Gasteiger partial charge in [-0.2, -0.15) is 13.2 Å². The number of carbonyl (C=O) groups excluding carboxylic acids is 1. The molecule has 1 aromatic carbocycles. The minimum atomic E-state index is -4.56. The summed E-state index contributed by atoms with van der Waals surface area (Å²) in [5, 5.41) is 6.75. The molecule has 24 heavy (non-hydrogen) atoms. The lowest BCUT2D eigenvalue weighted by Gasteiger charge is -2.29. The molecule has 0 bridgehead atoms. The van der Waals surface area contributed by atoms with E-state index in [9.17, 15) is 18.0 Å². The highest BCUT2D eigenvalue weighted by molar-refractivity contribution is 7.99. The maximum absolute atomic E-state index is 12.7. The Kier molecular flexibility index (Phi) is 4.53. The van der Waals surface area contributed by atoms with Crippen LogP contribution in [0.4, 0.5) is 18.9 Å². The second-order valence-corrected chi connectivity index (χ2v) is 6.37. The number of benzene rings is 1. The Bertz CT molecular complexity index is 759. The molecular formula is C15H15F3N4OS. The molecule has 2 aromatic rings. The summed E-state index contributed by atoms with van der Waals surface area (Å²) in [5.74, 6) is -1.21. The first-order chi connectivity index (χ1) is 11.4. The van der Waals surface area contributed by atoms with Crippen LogP contribution in [0.3, 0.4) is 0 Å². The number of thioether (sulfide) groups is 1. The number of alkyl halides is 3. The molecule has 0 aliphatic carbocycles. The lowest BCUT2D eigenvalue weighted by molar-refractivity contribution is -0.147. The highest BCUT2D eigenvalue weighted by Gasteiger charge is 2.37. The van der Waals surface area contributed by atoms with Crippen molar-refractivity contribution in [2.75, 3.05) is 17.2 Å². The van der Waals surface area contributed by atoms with Gasteiger partial charge in [-0.1, -0.05) is 30.0 Å². The minimum absolute atomic E-state index is 0.0121. The molecule has 0 atom stereocenters. The Morgan fingerprint density at radius 2 is 2.04 bits per heavy atom. The van der Waals surface area contributed by atoms with Gasteiger partial charge in [0.25, 0.3) is 0 Å². The van der Waals surface area contributed by atoms with Gasteiger partial charge in [-0.25, -0.2) is 0 Å². The summed E-state index contributed by atoms with van der Waals surface area (Å²) < 4.78 is 39.0. The standard InChI is InChI=1S/C15H15F3N4OS/c1-21-13(15(16,17)18)19-20-14(21)24-9-12(23)22-8-4-6-10-5-2-3-7-11(10)22/h2-3,5,7H,4,6,8-9H2,1H3. The van der Waals surface area contributed by atoms with Crippen molar-refractivity contribution in [3.8, 4) is 0 Å². The SMILES string of the molecule is Cn1c(SCC(=O)N2CCCc3ccccc32)nnc1C(F)(F)F. The first-order valence-electron chi connectivity index (χ1n) is 7.35. The van der Waals surface area contributed by atoms with Gasteiger partial charge < -0.3 is 9.47 Å². The third-order valence-electron chi connectivity index (χ3n) is 3.82. The fourth-order valence-electron chi connectivity index (χ4n) is 2.68. The van der Waals surface area contributed by atoms with E-state index in [-0.39, 0.29) is 16.8 Å². The van der Waals surface area contributed by atoms with Crippen LogP contribution in [0.1, 0.15) is 17.8 Å². The number of amides is 1. The number of nitrogens with zero attached hydrogens (tertiary/aromatic N) is 4. The van der Waals surface area contributed by atoms with Crippen LogP contribution in [0.15, 0.2) is 29.4 Å². The van der Waals surface area contributed by atoms with Crippen LogP contribution in [0.25, 0.3) is 0 Å². The van der Waals surface area contributed by atoms with Crippen LogP contribution in [-0.2, 0) is 24.4 Å². The van der Waals surface area contributed by atoms with Crippen molar-refractivity contribution in [2.45, 2.75) is 24.2 Å². The molecular weight excluding hydrogens is 341 g/mol. The number of aromatic nitrogens is 3. The quantitative estimate of drug-likeness (QED) is 0.794.